The molecule has 43 heavy (non-hydrogen) atoms. The van der Waals surface area contributed by atoms with Crippen molar-refractivity contribution in [3.8, 4) is 11.1 Å². The number of fused-ring (bicyclic) bond motifs is 3. The number of nitrogens with one attached hydrogen (secondary N) is 1. The molecule has 1 aliphatic heterocycles. The van der Waals surface area contributed by atoms with Crippen LogP contribution in [0.15, 0.2) is 109 Å². The third-order valence-electron chi connectivity index (χ3n) is 7.89. The minimum atomic E-state index is -0.962. The molecule has 8 heteroatoms. The molecule has 218 valence electrons. The van der Waals surface area contributed by atoms with E-state index in [0.29, 0.717) is 11.1 Å². The number of rotatable bonds is 7. The quantitative estimate of drug-likeness (QED) is 0.220. The zero-order chi connectivity index (χ0) is 29.8. The molecule has 4 aromatic rings. The van der Waals surface area contributed by atoms with Gasteiger partial charge in [-0.1, -0.05) is 84.9 Å². The van der Waals surface area contributed by atoms with Gasteiger partial charge in [-0.15, -0.1) is 0 Å². The molecule has 2 aliphatic rings. The van der Waals surface area contributed by atoms with Gasteiger partial charge in [0.2, 0.25) is 0 Å². The van der Waals surface area contributed by atoms with E-state index in [1.807, 2.05) is 36.4 Å². The van der Waals surface area contributed by atoms with Gasteiger partial charge in [-0.2, -0.15) is 0 Å². The smallest absolute Gasteiger partial charge is 0.407 e. The van der Waals surface area contributed by atoms with E-state index in [1.54, 1.807) is 67.6 Å². The van der Waals surface area contributed by atoms with Gasteiger partial charge in [0.1, 0.15) is 18.8 Å². The molecule has 0 radical (unpaired) electrons. The van der Waals surface area contributed by atoms with Gasteiger partial charge in [-0.05, 0) is 53.4 Å². The number of amides is 1. The summed E-state index contributed by atoms with van der Waals surface area (Å²) >= 11 is 0. The van der Waals surface area contributed by atoms with Crippen LogP contribution < -0.4 is 5.32 Å². The molecule has 0 saturated carbocycles. The molecule has 8 nitrogen and oxygen atoms in total. The SMILES string of the molecule is C[C@@H]1OC[C@@H](OC(=O)c2ccccc2)[C@H](NC(=O)OCC2c3ccccc3-c3ccccc32)[C@H]1OC(=O)c1ccccc1. The highest BCUT2D eigenvalue weighted by Gasteiger charge is 2.45. The van der Waals surface area contributed by atoms with Crippen LogP contribution in [0.5, 0.6) is 0 Å². The largest absolute Gasteiger partial charge is 0.454 e. The molecule has 1 amide bonds. The van der Waals surface area contributed by atoms with E-state index in [-0.39, 0.29) is 19.1 Å². The number of esters is 2. The summed E-state index contributed by atoms with van der Waals surface area (Å²) in [6.07, 6.45) is -3.23. The second kappa shape index (κ2) is 12.5. The number of carbonyl (C=O) groups excluding carboxylic acids is 3. The van der Waals surface area contributed by atoms with Gasteiger partial charge in [0.15, 0.2) is 6.10 Å². The maximum absolute atomic E-state index is 13.3. The maximum Gasteiger partial charge on any atom is 0.407 e. The Morgan fingerprint density at radius 3 is 1.81 bits per heavy atom. The van der Waals surface area contributed by atoms with E-state index in [9.17, 15) is 14.4 Å². The Morgan fingerprint density at radius 2 is 1.23 bits per heavy atom. The molecular formula is C35H31NO7. The van der Waals surface area contributed by atoms with Crippen molar-refractivity contribution < 1.29 is 33.3 Å². The van der Waals surface area contributed by atoms with Gasteiger partial charge < -0.3 is 24.3 Å². The van der Waals surface area contributed by atoms with Crippen molar-refractivity contribution >= 4 is 18.0 Å². The third kappa shape index (κ3) is 6.01. The highest BCUT2D eigenvalue weighted by Crippen LogP contribution is 2.44. The maximum atomic E-state index is 13.3. The summed E-state index contributed by atoms with van der Waals surface area (Å²) in [5.41, 5.74) is 5.09. The number of hydrogen-bond acceptors (Lipinski definition) is 7. The first-order valence-corrected chi connectivity index (χ1v) is 14.2. The Hall–Kier alpha value is -4.95. The molecule has 4 aromatic carbocycles. The molecule has 1 saturated heterocycles. The molecule has 4 atom stereocenters. The van der Waals surface area contributed by atoms with Gasteiger partial charge in [-0.25, -0.2) is 14.4 Å². The Labute approximate surface area is 249 Å². The van der Waals surface area contributed by atoms with Crippen molar-refractivity contribution in [3.63, 3.8) is 0 Å². The Bertz CT molecular complexity index is 1560. The van der Waals surface area contributed by atoms with Crippen LogP contribution in [-0.4, -0.2) is 55.6 Å². The molecule has 1 fully saturated rings. The summed E-state index contributed by atoms with van der Waals surface area (Å²) in [4.78, 5) is 39.4. The summed E-state index contributed by atoms with van der Waals surface area (Å²) in [5.74, 6) is -1.31. The highest BCUT2D eigenvalue weighted by molar-refractivity contribution is 5.90. The van der Waals surface area contributed by atoms with E-state index in [0.717, 1.165) is 22.3 Å². The van der Waals surface area contributed by atoms with E-state index in [4.69, 9.17) is 18.9 Å². The van der Waals surface area contributed by atoms with Crippen molar-refractivity contribution in [2.45, 2.75) is 37.2 Å². The molecule has 0 unspecified atom stereocenters. The Morgan fingerprint density at radius 1 is 0.721 bits per heavy atom. The number of benzene rings is 4. The van der Waals surface area contributed by atoms with Gasteiger partial charge in [0.25, 0.3) is 0 Å². The normalized spacial score (nSPS) is 20.8. The van der Waals surface area contributed by atoms with Crippen LogP contribution in [0.2, 0.25) is 0 Å². The lowest BCUT2D eigenvalue weighted by Crippen LogP contribution is -2.62. The van der Waals surface area contributed by atoms with Crippen molar-refractivity contribution in [2.24, 2.45) is 0 Å². The summed E-state index contributed by atoms with van der Waals surface area (Å²) in [6.45, 7) is 1.83. The zero-order valence-electron chi connectivity index (χ0n) is 23.6. The van der Waals surface area contributed by atoms with Crippen LogP contribution in [0.4, 0.5) is 4.79 Å². The average molecular weight is 578 g/mol. The first kappa shape index (κ1) is 28.2. The van der Waals surface area contributed by atoms with Crippen molar-refractivity contribution in [2.75, 3.05) is 13.2 Å². The van der Waals surface area contributed by atoms with Crippen molar-refractivity contribution in [3.05, 3.63) is 131 Å². The minimum absolute atomic E-state index is 0.00650. The molecule has 1 heterocycles. The van der Waals surface area contributed by atoms with Crippen LogP contribution >= 0.6 is 0 Å². The van der Waals surface area contributed by atoms with Gasteiger partial charge >= 0.3 is 18.0 Å². The summed E-state index contributed by atoms with van der Waals surface area (Å²) in [6, 6.07) is 32.3. The molecule has 0 bridgehead atoms. The minimum Gasteiger partial charge on any atom is -0.454 e. The highest BCUT2D eigenvalue weighted by atomic mass is 16.6. The molecule has 1 aliphatic carbocycles. The van der Waals surface area contributed by atoms with E-state index >= 15 is 0 Å². The van der Waals surface area contributed by atoms with Crippen LogP contribution in [0.3, 0.4) is 0 Å². The molecule has 0 aromatic heterocycles. The number of hydrogen-bond donors (Lipinski definition) is 1. The average Bonchev–Trinajstić information content (AvgIpc) is 3.37. The predicted molar refractivity (Wildman–Crippen MR) is 159 cm³/mol. The predicted octanol–water partition coefficient (Wildman–Crippen LogP) is 5.76. The topological polar surface area (TPSA) is 100 Å². The van der Waals surface area contributed by atoms with Crippen LogP contribution in [0.1, 0.15) is 44.7 Å². The van der Waals surface area contributed by atoms with Crippen molar-refractivity contribution in [1.82, 2.24) is 5.32 Å². The third-order valence-corrected chi connectivity index (χ3v) is 7.89. The first-order valence-electron chi connectivity index (χ1n) is 14.2. The van der Waals surface area contributed by atoms with E-state index in [1.165, 1.54) is 0 Å². The Balaban J connectivity index is 1.21. The molecular weight excluding hydrogens is 546 g/mol. The Kier molecular flexibility index (Phi) is 8.20. The van der Waals surface area contributed by atoms with Gasteiger partial charge in [0, 0.05) is 5.92 Å². The van der Waals surface area contributed by atoms with Crippen LogP contribution in [-0.2, 0) is 18.9 Å². The van der Waals surface area contributed by atoms with Crippen LogP contribution in [0.25, 0.3) is 11.1 Å². The lowest BCUT2D eigenvalue weighted by molar-refractivity contribution is -0.140. The standard InChI is InChI=1S/C35H31NO7/c1-22-32(43-34(38)24-14-6-3-7-15-24)31(30(21-40-22)42-33(37)23-12-4-2-5-13-23)36-35(39)41-20-29-27-18-10-8-16-25(27)26-17-9-11-19-28(26)29/h2-19,22,29-32H,20-21H2,1H3,(H,36,39)/t22-,30+,31-,32-/m0/s1. The second-order valence-electron chi connectivity index (χ2n) is 10.6. The van der Waals surface area contributed by atoms with Crippen molar-refractivity contribution in [1.29, 1.82) is 0 Å². The fourth-order valence-corrected chi connectivity index (χ4v) is 5.72. The van der Waals surface area contributed by atoms with Gasteiger partial charge in [-0.3, -0.25) is 0 Å². The summed E-state index contributed by atoms with van der Waals surface area (Å²) in [5, 5.41) is 2.84. The second-order valence-corrected chi connectivity index (χ2v) is 10.6. The monoisotopic (exact) mass is 577 g/mol. The number of carbonyl (C=O) groups is 3. The van der Waals surface area contributed by atoms with E-state index in [2.05, 4.69) is 17.4 Å². The van der Waals surface area contributed by atoms with E-state index < -0.39 is 42.4 Å². The van der Waals surface area contributed by atoms with Gasteiger partial charge in [0.05, 0.1) is 23.8 Å². The molecule has 0 spiro atoms. The first-order chi connectivity index (χ1) is 21.0. The fourth-order valence-electron chi connectivity index (χ4n) is 5.72. The lowest BCUT2D eigenvalue weighted by atomic mass is 9.97. The molecule has 1 N–H and O–H groups in total. The summed E-state index contributed by atoms with van der Waals surface area (Å²) in [7, 11) is 0. The molecule has 6 rings (SSSR count). The fraction of sp³-hybridized carbons (Fsp3) is 0.229. The zero-order valence-corrected chi connectivity index (χ0v) is 23.6. The number of ether oxygens (including phenoxy) is 4. The van der Waals surface area contributed by atoms with Crippen LogP contribution in [0, 0.1) is 0 Å². The number of alkyl carbamates (subject to hydrolysis) is 1. The summed E-state index contributed by atoms with van der Waals surface area (Å²) < 4.78 is 23.3. The lowest BCUT2D eigenvalue weighted by Gasteiger charge is -2.40.